The molecule has 1 amide bonds. The number of ether oxygens (including phenoxy) is 2. The van der Waals surface area contributed by atoms with Crippen LogP contribution in [0.2, 0.25) is 5.02 Å². The highest BCUT2D eigenvalue weighted by Gasteiger charge is 2.23. The number of hydrogen-bond acceptors (Lipinski definition) is 4. The molecule has 2 aliphatic rings. The van der Waals surface area contributed by atoms with E-state index in [0.717, 1.165) is 24.9 Å². The number of halogens is 2. The molecule has 2 N–H and O–H groups in total. The minimum Gasteiger partial charge on any atom is -0.486 e. The molecule has 23 heavy (non-hydrogen) atoms. The summed E-state index contributed by atoms with van der Waals surface area (Å²) >= 11 is 6.20. The lowest BCUT2D eigenvalue weighted by atomic mass is 9.99. The first-order chi connectivity index (χ1) is 10.6. The Labute approximate surface area is 147 Å². The number of carbonyl (C=O) groups excluding carboxylic acids is 1. The Kier molecular flexibility index (Phi) is 6.39. The molecule has 1 fully saturated rings. The molecule has 0 aliphatic carbocycles. The maximum absolute atomic E-state index is 12.3. The molecule has 2 atom stereocenters. The van der Waals surface area contributed by atoms with E-state index in [-0.39, 0.29) is 24.4 Å². The Morgan fingerprint density at radius 2 is 2.17 bits per heavy atom. The fourth-order valence-electron chi connectivity index (χ4n) is 2.95. The summed E-state index contributed by atoms with van der Waals surface area (Å²) in [5, 5.41) is 6.97. The van der Waals surface area contributed by atoms with E-state index in [1.54, 1.807) is 6.07 Å². The van der Waals surface area contributed by atoms with Crippen molar-refractivity contribution in [1.29, 1.82) is 0 Å². The van der Waals surface area contributed by atoms with Crippen LogP contribution in [0.1, 0.15) is 25.3 Å². The number of fused-ring (bicyclic) bond motifs is 1. The third kappa shape index (κ3) is 4.43. The van der Waals surface area contributed by atoms with E-state index in [4.69, 9.17) is 21.1 Å². The smallest absolute Gasteiger partial charge is 0.224 e. The standard InChI is InChI=1S/C16H21ClN2O3.ClH/c1-10-13(3-2-4-18-10)19-15(20)9-11-7-12(17)16-14(8-11)21-5-6-22-16;/h7-8,10,13,18H,2-6,9H2,1H3,(H,19,20);1H. The summed E-state index contributed by atoms with van der Waals surface area (Å²) in [5.41, 5.74) is 0.836. The van der Waals surface area contributed by atoms with Crippen LogP contribution in [0.3, 0.4) is 0 Å². The van der Waals surface area contributed by atoms with Gasteiger partial charge in [0.1, 0.15) is 13.2 Å². The first-order valence-electron chi connectivity index (χ1n) is 7.74. The third-order valence-electron chi connectivity index (χ3n) is 4.13. The van der Waals surface area contributed by atoms with Gasteiger partial charge in [-0.25, -0.2) is 0 Å². The van der Waals surface area contributed by atoms with E-state index in [9.17, 15) is 4.79 Å². The van der Waals surface area contributed by atoms with Crippen molar-refractivity contribution in [1.82, 2.24) is 10.6 Å². The number of hydrogen-bond donors (Lipinski definition) is 2. The lowest BCUT2D eigenvalue weighted by Crippen LogP contribution is -2.52. The van der Waals surface area contributed by atoms with E-state index < -0.39 is 0 Å². The van der Waals surface area contributed by atoms with Gasteiger partial charge in [-0.15, -0.1) is 12.4 Å². The van der Waals surface area contributed by atoms with E-state index >= 15 is 0 Å². The highest BCUT2D eigenvalue weighted by molar-refractivity contribution is 6.32. The Morgan fingerprint density at radius 3 is 2.96 bits per heavy atom. The Balaban J connectivity index is 0.00000192. The van der Waals surface area contributed by atoms with Gasteiger partial charge in [0.15, 0.2) is 11.5 Å². The number of nitrogens with one attached hydrogen (secondary N) is 2. The minimum atomic E-state index is 0. The summed E-state index contributed by atoms with van der Waals surface area (Å²) in [7, 11) is 0. The Hall–Kier alpha value is -1.17. The molecule has 5 nitrogen and oxygen atoms in total. The molecule has 2 aliphatic heterocycles. The van der Waals surface area contributed by atoms with Crippen molar-refractivity contribution in [3.63, 3.8) is 0 Å². The topological polar surface area (TPSA) is 59.6 Å². The molecule has 0 bridgehead atoms. The molecule has 3 rings (SSSR count). The van der Waals surface area contributed by atoms with Gasteiger partial charge in [-0.05, 0) is 44.0 Å². The molecule has 0 radical (unpaired) electrons. The molecule has 1 aromatic carbocycles. The van der Waals surface area contributed by atoms with Gasteiger partial charge in [0, 0.05) is 12.1 Å². The molecule has 2 heterocycles. The van der Waals surface area contributed by atoms with E-state index in [2.05, 4.69) is 17.6 Å². The zero-order chi connectivity index (χ0) is 15.5. The maximum atomic E-state index is 12.3. The Morgan fingerprint density at radius 1 is 1.39 bits per heavy atom. The normalized spacial score (nSPS) is 22.9. The fourth-order valence-corrected chi connectivity index (χ4v) is 3.24. The summed E-state index contributed by atoms with van der Waals surface area (Å²) in [6.07, 6.45) is 2.40. The van der Waals surface area contributed by atoms with Crippen LogP contribution in [-0.4, -0.2) is 37.7 Å². The van der Waals surface area contributed by atoms with Crippen molar-refractivity contribution < 1.29 is 14.3 Å². The Bertz CT molecular complexity index is 569. The fraction of sp³-hybridized carbons (Fsp3) is 0.562. The van der Waals surface area contributed by atoms with Gasteiger partial charge in [-0.2, -0.15) is 0 Å². The van der Waals surface area contributed by atoms with Crippen LogP contribution in [0.5, 0.6) is 11.5 Å². The second-order valence-electron chi connectivity index (χ2n) is 5.84. The maximum Gasteiger partial charge on any atom is 0.224 e. The number of benzene rings is 1. The van der Waals surface area contributed by atoms with Crippen LogP contribution in [0.15, 0.2) is 12.1 Å². The zero-order valence-electron chi connectivity index (χ0n) is 13.1. The zero-order valence-corrected chi connectivity index (χ0v) is 14.6. The van der Waals surface area contributed by atoms with Gasteiger partial charge < -0.3 is 20.1 Å². The first kappa shape index (κ1) is 18.2. The predicted octanol–water partition coefficient (Wildman–Crippen LogP) is 2.33. The number of piperidine rings is 1. The molecular weight excluding hydrogens is 339 g/mol. The van der Waals surface area contributed by atoms with Gasteiger partial charge in [-0.1, -0.05) is 11.6 Å². The summed E-state index contributed by atoms with van der Waals surface area (Å²) in [5.74, 6) is 1.20. The van der Waals surface area contributed by atoms with Gasteiger partial charge >= 0.3 is 0 Å². The highest BCUT2D eigenvalue weighted by Crippen LogP contribution is 2.38. The average Bonchev–Trinajstić information content (AvgIpc) is 2.49. The number of amides is 1. The molecular formula is C16H22Cl2N2O3. The van der Waals surface area contributed by atoms with Crippen LogP contribution in [0.25, 0.3) is 0 Å². The van der Waals surface area contributed by atoms with Crippen LogP contribution in [-0.2, 0) is 11.2 Å². The van der Waals surface area contributed by atoms with E-state index in [1.165, 1.54) is 0 Å². The van der Waals surface area contributed by atoms with Crippen molar-refractivity contribution in [3.8, 4) is 11.5 Å². The number of rotatable bonds is 3. The molecule has 7 heteroatoms. The SMILES string of the molecule is CC1NCCCC1NC(=O)Cc1cc(Cl)c2c(c1)OCCO2.Cl. The summed E-state index contributed by atoms with van der Waals surface area (Å²) in [6.45, 7) is 4.12. The lowest BCUT2D eigenvalue weighted by molar-refractivity contribution is -0.121. The molecule has 1 aromatic rings. The van der Waals surface area contributed by atoms with E-state index in [1.807, 2.05) is 6.07 Å². The molecule has 128 valence electrons. The molecule has 0 spiro atoms. The second kappa shape index (κ2) is 8.08. The monoisotopic (exact) mass is 360 g/mol. The van der Waals surface area contributed by atoms with Gasteiger partial charge in [-0.3, -0.25) is 4.79 Å². The summed E-state index contributed by atoms with van der Waals surface area (Å²) < 4.78 is 11.0. The van der Waals surface area contributed by atoms with Crippen molar-refractivity contribution >= 4 is 29.9 Å². The van der Waals surface area contributed by atoms with Gasteiger partial charge in [0.2, 0.25) is 5.91 Å². The van der Waals surface area contributed by atoms with Crippen molar-refractivity contribution in [2.45, 2.75) is 38.3 Å². The van der Waals surface area contributed by atoms with Crippen molar-refractivity contribution in [2.75, 3.05) is 19.8 Å². The van der Waals surface area contributed by atoms with Gasteiger partial charge in [0.05, 0.1) is 11.4 Å². The van der Waals surface area contributed by atoms with Crippen molar-refractivity contribution in [2.24, 2.45) is 0 Å². The molecule has 0 saturated carbocycles. The molecule has 2 unspecified atom stereocenters. The average molecular weight is 361 g/mol. The van der Waals surface area contributed by atoms with Crippen LogP contribution < -0.4 is 20.1 Å². The van der Waals surface area contributed by atoms with E-state index in [0.29, 0.717) is 42.2 Å². The van der Waals surface area contributed by atoms with Crippen LogP contribution >= 0.6 is 24.0 Å². The molecule has 1 saturated heterocycles. The number of carbonyl (C=O) groups is 1. The highest BCUT2D eigenvalue weighted by atomic mass is 35.5. The summed E-state index contributed by atoms with van der Waals surface area (Å²) in [4.78, 5) is 12.3. The molecule has 0 aromatic heterocycles. The minimum absolute atomic E-state index is 0. The largest absolute Gasteiger partial charge is 0.486 e. The van der Waals surface area contributed by atoms with Crippen LogP contribution in [0.4, 0.5) is 0 Å². The quantitative estimate of drug-likeness (QED) is 0.868. The second-order valence-corrected chi connectivity index (χ2v) is 6.24. The summed E-state index contributed by atoms with van der Waals surface area (Å²) in [6, 6.07) is 4.11. The van der Waals surface area contributed by atoms with Crippen LogP contribution in [0, 0.1) is 0 Å². The predicted molar refractivity (Wildman–Crippen MR) is 92.0 cm³/mol. The van der Waals surface area contributed by atoms with Gasteiger partial charge in [0.25, 0.3) is 0 Å². The van der Waals surface area contributed by atoms with Crippen molar-refractivity contribution in [3.05, 3.63) is 22.7 Å². The lowest BCUT2D eigenvalue weighted by Gasteiger charge is -2.30. The first-order valence-corrected chi connectivity index (χ1v) is 8.12. The third-order valence-corrected chi connectivity index (χ3v) is 4.41.